The minimum Gasteiger partial charge on any atom is -0.493 e. The number of benzene rings is 2. The summed E-state index contributed by atoms with van der Waals surface area (Å²) in [6.45, 7) is 6.36. The van der Waals surface area contributed by atoms with Gasteiger partial charge in [0.1, 0.15) is 10.8 Å². The van der Waals surface area contributed by atoms with Crippen LogP contribution in [0.1, 0.15) is 23.7 Å². The van der Waals surface area contributed by atoms with Gasteiger partial charge in [0.2, 0.25) is 11.8 Å². The third-order valence-electron chi connectivity index (χ3n) is 4.64. The van der Waals surface area contributed by atoms with E-state index in [0.717, 1.165) is 33.1 Å². The second kappa shape index (κ2) is 10.0. The van der Waals surface area contributed by atoms with E-state index in [1.807, 2.05) is 68.6 Å². The van der Waals surface area contributed by atoms with Gasteiger partial charge in [0.15, 0.2) is 0 Å². The molecule has 0 fully saturated rings. The monoisotopic (exact) mass is 423 g/mol. The number of aromatic nitrogens is 1. The van der Waals surface area contributed by atoms with Gasteiger partial charge in [-0.1, -0.05) is 24.3 Å². The van der Waals surface area contributed by atoms with E-state index in [1.54, 1.807) is 0 Å². The number of para-hydroxylation sites is 1. The van der Waals surface area contributed by atoms with Crippen molar-refractivity contribution < 1.29 is 14.3 Å². The number of amides is 2. The molecule has 3 aromatic rings. The van der Waals surface area contributed by atoms with E-state index in [2.05, 4.69) is 15.6 Å². The van der Waals surface area contributed by atoms with E-state index in [9.17, 15) is 9.59 Å². The van der Waals surface area contributed by atoms with Gasteiger partial charge in [-0.3, -0.25) is 9.59 Å². The van der Waals surface area contributed by atoms with Crippen molar-refractivity contribution in [3.63, 3.8) is 0 Å². The van der Waals surface area contributed by atoms with Gasteiger partial charge in [-0.25, -0.2) is 4.98 Å². The Balaban J connectivity index is 1.55. The molecule has 2 amide bonds. The summed E-state index contributed by atoms with van der Waals surface area (Å²) in [5.41, 5.74) is 4.44. The van der Waals surface area contributed by atoms with Crippen molar-refractivity contribution in [3.8, 4) is 16.3 Å². The molecule has 0 saturated carbocycles. The Morgan fingerprint density at radius 3 is 2.67 bits per heavy atom. The highest BCUT2D eigenvalue weighted by Gasteiger charge is 2.13. The first-order valence-electron chi connectivity index (χ1n) is 9.77. The van der Waals surface area contributed by atoms with E-state index in [-0.39, 0.29) is 24.8 Å². The first-order valence-corrected chi connectivity index (χ1v) is 10.6. The third kappa shape index (κ3) is 5.45. The minimum absolute atomic E-state index is 0.0869. The molecule has 0 aliphatic carbocycles. The van der Waals surface area contributed by atoms with Crippen LogP contribution < -0.4 is 15.4 Å². The summed E-state index contributed by atoms with van der Waals surface area (Å²) < 4.78 is 5.65. The van der Waals surface area contributed by atoms with E-state index in [1.165, 1.54) is 11.3 Å². The number of carbonyl (C=O) groups is 2. The molecule has 7 heteroatoms. The summed E-state index contributed by atoms with van der Waals surface area (Å²) >= 11 is 1.46. The average molecular weight is 424 g/mol. The molecule has 0 saturated heterocycles. The van der Waals surface area contributed by atoms with Gasteiger partial charge in [-0.2, -0.15) is 0 Å². The maximum absolute atomic E-state index is 12.3. The number of thiazole rings is 1. The molecule has 156 valence electrons. The van der Waals surface area contributed by atoms with Crippen LogP contribution in [0.15, 0.2) is 47.8 Å². The lowest BCUT2D eigenvalue weighted by molar-refractivity contribution is -0.123. The molecule has 0 atom stereocenters. The summed E-state index contributed by atoms with van der Waals surface area (Å²) in [5, 5.41) is 8.14. The first kappa shape index (κ1) is 21.5. The maximum atomic E-state index is 12.3. The zero-order valence-corrected chi connectivity index (χ0v) is 18.1. The Bertz CT molecular complexity index is 1050. The van der Waals surface area contributed by atoms with Crippen LogP contribution >= 0.6 is 11.3 Å². The number of anilines is 1. The zero-order chi connectivity index (χ0) is 21.5. The molecule has 0 aliphatic heterocycles. The molecule has 0 radical (unpaired) electrons. The van der Waals surface area contributed by atoms with Crippen molar-refractivity contribution in [1.29, 1.82) is 0 Å². The van der Waals surface area contributed by atoms with Crippen LogP contribution in [-0.4, -0.2) is 29.9 Å². The highest BCUT2D eigenvalue weighted by atomic mass is 32.1. The Morgan fingerprint density at radius 1 is 1.07 bits per heavy atom. The van der Waals surface area contributed by atoms with Gasteiger partial charge in [-0.05, 0) is 50.1 Å². The first-order chi connectivity index (χ1) is 14.5. The summed E-state index contributed by atoms with van der Waals surface area (Å²) in [6.07, 6.45) is 0.115. The summed E-state index contributed by atoms with van der Waals surface area (Å²) in [5.74, 6) is 0.260. The molecule has 1 aromatic heterocycles. The van der Waals surface area contributed by atoms with Gasteiger partial charge >= 0.3 is 0 Å². The van der Waals surface area contributed by atoms with E-state index < -0.39 is 0 Å². The van der Waals surface area contributed by atoms with E-state index >= 15 is 0 Å². The number of rotatable bonds is 8. The Labute approximate surface area is 180 Å². The average Bonchev–Trinajstić information content (AvgIpc) is 3.19. The standard InChI is InChI=1S/C23H25N3O3S/c1-4-29-20-11-6-5-9-18(20)23-25-17(14-30-23)12-21(27)24-13-22(28)26-19-10-7-8-15(2)16(19)3/h5-11,14H,4,12-13H2,1-3H3,(H,24,27)(H,26,28). The topological polar surface area (TPSA) is 80.3 Å². The number of aryl methyl sites for hydroxylation is 1. The van der Waals surface area contributed by atoms with E-state index in [0.29, 0.717) is 12.3 Å². The smallest absolute Gasteiger partial charge is 0.243 e. The van der Waals surface area contributed by atoms with Crippen LogP contribution in [0.25, 0.3) is 10.6 Å². The van der Waals surface area contributed by atoms with Crippen LogP contribution in [0.2, 0.25) is 0 Å². The van der Waals surface area contributed by atoms with Crippen LogP contribution in [0.3, 0.4) is 0 Å². The molecular weight excluding hydrogens is 398 g/mol. The lowest BCUT2D eigenvalue weighted by Crippen LogP contribution is -2.34. The van der Waals surface area contributed by atoms with Gasteiger partial charge < -0.3 is 15.4 Å². The molecule has 0 aliphatic rings. The van der Waals surface area contributed by atoms with Crippen molar-refractivity contribution in [2.24, 2.45) is 0 Å². The van der Waals surface area contributed by atoms with Crippen molar-refractivity contribution in [2.45, 2.75) is 27.2 Å². The molecule has 30 heavy (non-hydrogen) atoms. The number of hydrogen-bond donors (Lipinski definition) is 2. The predicted molar refractivity (Wildman–Crippen MR) is 120 cm³/mol. The van der Waals surface area contributed by atoms with Gasteiger partial charge in [-0.15, -0.1) is 11.3 Å². The SMILES string of the molecule is CCOc1ccccc1-c1nc(CC(=O)NCC(=O)Nc2cccc(C)c2C)cs1. The number of carbonyl (C=O) groups excluding carboxylic acids is 2. The second-order valence-electron chi connectivity index (χ2n) is 6.82. The molecule has 2 N–H and O–H groups in total. The predicted octanol–water partition coefficient (Wildman–Crippen LogP) is 4.12. The molecule has 0 unspecified atom stereocenters. The fourth-order valence-corrected chi connectivity index (χ4v) is 3.77. The van der Waals surface area contributed by atoms with Gasteiger partial charge in [0, 0.05) is 11.1 Å². The molecule has 3 rings (SSSR count). The normalized spacial score (nSPS) is 10.5. The number of nitrogens with zero attached hydrogens (tertiary/aromatic N) is 1. The molecule has 1 heterocycles. The molecule has 2 aromatic carbocycles. The number of ether oxygens (including phenoxy) is 1. The number of nitrogens with one attached hydrogen (secondary N) is 2. The minimum atomic E-state index is -0.262. The summed E-state index contributed by atoms with van der Waals surface area (Å²) in [6, 6.07) is 13.4. The lowest BCUT2D eigenvalue weighted by Gasteiger charge is -2.10. The fourth-order valence-electron chi connectivity index (χ4n) is 2.92. The van der Waals surface area contributed by atoms with Crippen LogP contribution in [0.5, 0.6) is 5.75 Å². The van der Waals surface area contributed by atoms with Gasteiger partial charge in [0.05, 0.1) is 30.8 Å². The maximum Gasteiger partial charge on any atom is 0.243 e. The molecular formula is C23H25N3O3S. The number of hydrogen-bond acceptors (Lipinski definition) is 5. The van der Waals surface area contributed by atoms with Crippen molar-refractivity contribution >= 4 is 28.8 Å². The Morgan fingerprint density at radius 2 is 1.87 bits per heavy atom. The largest absolute Gasteiger partial charge is 0.493 e. The summed E-state index contributed by atoms with van der Waals surface area (Å²) in [7, 11) is 0. The van der Waals surface area contributed by atoms with Crippen LogP contribution in [0.4, 0.5) is 5.69 Å². The van der Waals surface area contributed by atoms with Crippen LogP contribution in [0, 0.1) is 13.8 Å². The van der Waals surface area contributed by atoms with E-state index in [4.69, 9.17) is 4.74 Å². The zero-order valence-electron chi connectivity index (χ0n) is 17.3. The van der Waals surface area contributed by atoms with Crippen molar-refractivity contribution in [3.05, 3.63) is 64.7 Å². The molecule has 0 bridgehead atoms. The highest BCUT2D eigenvalue weighted by molar-refractivity contribution is 7.13. The summed E-state index contributed by atoms with van der Waals surface area (Å²) in [4.78, 5) is 29.0. The van der Waals surface area contributed by atoms with Crippen molar-refractivity contribution in [1.82, 2.24) is 10.3 Å². The Hall–Kier alpha value is -3.19. The lowest BCUT2D eigenvalue weighted by atomic mass is 10.1. The Kier molecular flexibility index (Phi) is 7.19. The fraction of sp³-hybridized carbons (Fsp3) is 0.261. The molecule has 0 spiro atoms. The molecule has 6 nitrogen and oxygen atoms in total. The highest BCUT2D eigenvalue weighted by Crippen LogP contribution is 2.32. The van der Waals surface area contributed by atoms with Crippen LogP contribution in [-0.2, 0) is 16.0 Å². The quantitative estimate of drug-likeness (QED) is 0.571. The van der Waals surface area contributed by atoms with Gasteiger partial charge in [0.25, 0.3) is 0 Å². The van der Waals surface area contributed by atoms with Crippen molar-refractivity contribution in [2.75, 3.05) is 18.5 Å². The third-order valence-corrected chi connectivity index (χ3v) is 5.56. The second-order valence-corrected chi connectivity index (χ2v) is 7.68.